The number of nitrogens with one attached hydrogen (secondary N) is 2. The third kappa shape index (κ3) is 6.38. The predicted molar refractivity (Wildman–Crippen MR) is 149 cm³/mol. The molecule has 7 nitrogen and oxygen atoms in total. The van der Waals surface area contributed by atoms with Gasteiger partial charge in [-0.2, -0.15) is 23.0 Å². The number of aromatic hydroxyl groups is 1. The Morgan fingerprint density at radius 1 is 1.00 bits per heavy atom. The van der Waals surface area contributed by atoms with Crippen LogP contribution in [0.4, 0.5) is 23.7 Å². The van der Waals surface area contributed by atoms with E-state index in [0.29, 0.717) is 16.3 Å². The van der Waals surface area contributed by atoms with Gasteiger partial charge in [-0.15, -0.1) is 0 Å². The number of carbonyl (C=O) groups excluding carboxylic acids is 2. The zero-order valence-electron chi connectivity index (χ0n) is 21.7. The molecule has 0 saturated heterocycles. The molecule has 5 rings (SSSR count). The summed E-state index contributed by atoms with van der Waals surface area (Å²) in [6.07, 6.45) is -0.677. The summed E-state index contributed by atoms with van der Waals surface area (Å²) in [5, 5.41) is 21.2. The van der Waals surface area contributed by atoms with Crippen molar-refractivity contribution >= 4 is 29.2 Å². The standard InChI is InChI=1S/C30H26ClF3N4O3/c31-24-11-4-3-8-20(24)17-35-29(41)38-26(18-6-1-2-7-18)16-25(37-38)23-13-12-22(15-27(23)39)36-28(40)19-9-5-10-21(14-19)30(32,33)34/h3-5,8-16,18,39H,1-2,6-7,17H2,(H,35,41)(H,36,40). The van der Waals surface area contributed by atoms with E-state index in [2.05, 4.69) is 15.7 Å². The molecular formula is C30H26ClF3N4O3. The third-order valence-electron chi connectivity index (χ3n) is 7.07. The van der Waals surface area contributed by atoms with E-state index in [1.807, 2.05) is 12.1 Å². The number of carbonyl (C=O) groups is 2. The highest BCUT2D eigenvalue weighted by molar-refractivity contribution is 6.31. The first kappa shape index (κ1) is 28.2. The van der Waals surface area contributed by atoms with Gasteiger partial charge in [0.05, 0.1) is 17.0 Å². The van der Waals surface area contributed by atoms with Crippen molar-refractivity contribution in [1.29, 1.82) is 0 Å². The first-order valence-electron chi connectivity index (χ1n) is 13.0. The van der Waals surface area contributed by atoms with Crippen molar-refractivity contribution in [3.05, 3.63) is 100 Å². The third-order valence-corrected chi connectivity index (χ3v) is 7.44. The molecule has 1 saturated carbocycles. The number of hydrogen-bond acceptors (Lipinski definition) is 4. The lowest BCUT2D eigenvalue weighted by molar-refractivity contribution is -0.137. The summed E-state index contributed by atoms with van der Waals surface area (Å²) < 4.78 is 40.4. The molecule has 1 aliphatic rings. The maximum absolute atomic E-state index is 13.2. The number of rotatable bonds is 6. The minimum absolute atomic E-state index is 0.135. The molecule has 2 amide bonds. The van der Waals surface area contributed by atoms with Gasteiger partial charge in [0.25, 0.3) is 5.91 Å². The van der Waals surface area contributed by atoms with Crippen LogP contribution in [-0.2, 0) is 12.7 Å². The molecule has 1 aromatic heterocycles. The van der Waals surface area contributed by atoms with Crippen LogP contribution in [0.5, 0.6) is 5.75 Å². The summed E-state index contributed by atoms with van der Waals surface area (Å²) in [4.78, 5) is 25.8. The molecule has 0 radical (unpaired) electrons. The largest absolute Gasteiger partial charge is 0.507 e. The van der Waals surface area contributed by atoms with Crippen molar-refractivity contribution in [2.75, 3.05) is 5.32 Å². The zero-order chi connectivity index (χ0) is 29.1. The van der Waals surface area contributed by atoms with Crippen LogP contribution in [0.3, 0.4) is 0 Å². The van der Waals surface area contributed by atoms with Gasteiger partial charge >= 0.3 is 12.2 Å². The zero-order valence-corrected chi connectivity index (χ0v) is 22.5. The second-order valence-corrected chi connectivity index (χ2v) is 10.3. The highest BCUT2D eigenvalue weighted by Crippen LogP contribution is 2.38. The van der Waals surface area contributed by atoms with Crippen LogP contribution in [0.25, 0.3) is 11.3 Å². The summed E-state index contributed by atoms with van der Waals surface area (Å²) in [5.74, 6) is -0.840. The fraction of sp³-hybridized carbons (Fsp3) is 0.233. The molecule has 0 unspecified atom stereocenters. The first-order chi connectivity index (χ1) is 19.6. The fourth-order valence-corrected chi connectivity index (χ4v) is 5.16. The predicted octanol–water partition coefficient (Wildman–Crippen LogP) is 7.60. The lowest BCUT2D eigenvalue weighted by atomic mass is 10.0. The molecule has 41 heavy (non-hydrogen) atoms. The minimum atomic E-state index is -4.58. The molecule has 0 atom stereocenters. The number of phenolic OH excluding ortho intramolecular Hbond substituents is 1. The van der Waals surface area contributed by atoms with E-state index in [1.54, 1.807) is 18.2 Å². The van der Waals surface area contributed by atoms with Crippen molar-refractivity contribution in [2.24, 2.45) is 0 Å². The summed E-state index contributed by atoms with van der Waals surface area (Å²) in [5.41, 5.74) is 1.26. The molecular weight excluding hydrogens is 557 g/mol. The highest BCUT2D eigenvalue weighted by Gasteiger charge is 2.31. The van der Waals surface area contributed by atoms with E-state index in [1.165, 1.54) is 28.9 Å². The van der Waals surface area contributed by atoms with Gasteiger partial charge in [-0.05, 0) is 60.9 Å². The highest BCUT2D eigenvalue weighted by atomic mass is 35.5. The molecule has 0 aliphatic heterocycles. The molecule has 11 heteroatoms. The number of hydrogen-bond donors (Lipinski definition) is 3. The Morgan fingerprint density at radius 3 is 2.46 bits per heavy atom. The van der Waals surface area contributed by atoms with Gasteiger partial charge < -0.3 is 15.7 Å². The van der Waals surface area contributed by atoms with Crippen molar-refractivity contribution in [2.45, 2.75) is 44.3 Å². The molecule has 4 aromatic rings. The number of phenols is 1. The molecule has 1 fully saturated rings. The SMILES string of the molecule is O=C(Nc1ccc(-c2cc(C3CCCC3)n(C(=O)NCc3ccccc3Cl)n2)c(O)c1)c1cccc(C(F)(F)F)c1. The van der Waals surface area contributed by atoms with Gasteiger partial charge in [0.2, 0.25) is 0 Å². The Balaban J connectivity index is 1.37. The number of aromatic nitrogens is 2. The Hall–Kier alpha value is -4.31. The van der Waals surface area contributed by atoms with Crippen LogP contribution in [0.15, 0.2) is 72.8 Å². The summed E-state index contributed by atoms with van der Waals surface area (Å²) in [7, 11) is 0. The van der Waals surface area contributed by atoms with Crippen molar-refractivity contribution in [1.82, 2.24) is 15.1 Å². The van der Waals surface area contributed by atoms with Gasteiger partial charge in [0, 0.05) is 40.4 Å². The molecule has 1 heterocycles. The van der Waals surface area contributed by atoms with Crippen molar-refractivity contribution in [3.63, 3.8) is 0 Å². The van der Waals surface area contributed by atoms with Gasteiger partial charge in [-0.3, -0.25) is 4.79 Å². The van der Waals surface area contributed by atoms with Crippen LogP contribution in [-0.4, -0.2) is 26.8 Å². The van der Waals surface area contributed by atoms with E-state index in [4.69, 9.17) is 11.6 Å². The average Bonchev–Trinajstić information content (AvgIpc) is 3.63. The molecule has 1 aliphatic carbocycles. The molecule has 212 valence electrons. The summed E-state index contributed by atoms with van der Waals surface area (Å²) in [6.45, 7) is 0.212. The Kier molecular flexibility index (Phi) is 8.03. The van der Waals surface area contributed by atoms with E-state index in [-0.39, 0.29) is 29.5 Å². The van der Waals surface area contributed by atoms with E-state index >= 15 is 0 Å². The lowest BCUT2D eigenvalue weighted by Gasteiger charge is -2.12. The number of alkyl halides is 3. The topological polar surface area (TPSA) is 96.3 Å². The van der Waals surface area contributed by atoms with Gasteiger partial charge in [0.1, 0.15) is 5.75 Å². The average molecular weight is 583 g/mol. The fourth-order valence-electron chi connectivity index (χ4n) is 4.96. The number of halogens is 4. The van der Waals surface area contributed by atoms with Crippen molar-refractivity contribution < 1.29 is 27.9 Å². The van der Waals surface area contributed by atoms with E-state index in [0.717, 1.165) is 55.1 Å². The minimum Gasteiger partial charge on any atom is -0.507 e. The summed E-state index contributed by atoms with van der Waals surface area (Å²) >= 11 is 6.22. The Morgan fingerprint density at radius 2 is 1.76 bits per heavy atom. The number of anilines is 1. The molecule has 0 spiro atoms. The van der Waals surface area contributed by atoms with Crippen LogP contribution < -0.4 is 10.6 Å². The number of benzene rings is 3. The monoisotopic (exact) mass is 582 g/mol. The van der Waals surface area contributed by atoms with Gasteiger partial charge in [-0.1, -0.05) is 48.7 Å². The maximum Gasteiger partial charge on any atom is 0.416 e. The van der Waals surface area contributed by atoms with Crippen molar-refractivity contribution in [3.8, 4) is 17.0 Å². The van der Waals surface area contributed by atoms with Crippen LogP contribution >= 0.6 is 11.6 Å². The van der Waals surface area contributed by atoms with Gasteiger partial charge in [-0.25, -0.2) is 4.79 Å². The Bertz CT molecular complexity index is 1600. The number of nitrogens with zero attached hydrogens (tertiary/aromatic N) is 2. The van der Waals surface area contributed by atoms with Crippen LogP contribution in [0, 0.1) is 0 Å². The maximum atomic E-state index is 13.2. The number of amides is 2. The van der Waals surface area contributed by atoms with E-state index < -0.39 is 23.7 Å². The molecule has 0 bridgehead atoms. The molecule has 3 N–H and O–H groups in total. The van der Waals surface area contributed by atoms with E-state index in [9.17, 15) is 27.9 Å². The lowest BCUT2D eigenvalue weighted by Crippen LogP contribution is -2.30. The Labute approximate surface area is 239 Å². The second-order valence-electron chi connectivity index (χ2n) is 9.86. The smallest absolute Gasteiger partial charge is 0.416 e. The first-order valence-corrected chi connectivity index (χ1v) is 13.4. The quantitative estimate of drug-likeness (QED) is 0.218. The van der Waals surface area contributed by atoms with Crippen LogP contribution in [0.1, 0.15) is 58.8 Å². The second kappa shape index (κ2) is 11.7. The molecule has 3 aromatic carbocycles. The normalized spacial score (nSPS) is 13.8. The van der Waals surface area contributed by atoms with Gasteiger partial charge in [0.15, 0.2) is 0 Å². The van der Waals surface area contributed by atoms with Crippen LogP contribution in [0.2, 0.25) is 5.02 Å². The summed E-state index contributed by atoms with van der Waals surface area (Å²) in [6, 6.07) is 16.9.